The second-order valence-corrected chi connectivity index (χ2v) is 8.95. The first-order valence-corrected chi connectivity index (χ1v) is 11.9. The number of carboxylic acids is 1. The van der Waals surface area contributed by atoms with Gasteiger partial charge in [-0.05, 0) is 63.7 Å². The number of amides is 1. The summed E-state index contributed by atoms with van der Waals surface area (Å²) in [5.74, 6) is -0.819. The highest BCUT2D eigenvalue weighted by molar-refractivity contribution is 7.99. The molecule has 1 amide bonds. The van der Waals surface area contributed by atoms with Crippen molar-refractivity contribution in [2.75, 3.05) is 36.9 Å². The molecule has 170 valence electrons. The number of benzene rings is 1. The predicted octanol–water partition coefficient (Wildman–Crippen LogP) is 1.88. The highest BCUT2D eigenvalue weighted by Crippen LogP contribution is 2.34. The SMILES string of the molecule is CCOC(=O)[C@@H](CCC1CCNCC1)N[C@H]1CSc2ccccc2N(CC(=O)O)C1=O. The monoisotopic (exact) mass is 449 g/mol. The van der Waals surface area contributed by atoms with Gasteiger partial charge in [0.2, 0.25) is 5.91 Å². The summed E-state index contributed by atoms with van der Waals surface area (Å²) in [6, 6.07) is 6.01. The maximum atomic E-state index is 13.3. The summed E-state index contributed by atoms with van der Waals surface area (Å²) < 4.78 is 5.27. The zero-order chi connectivity index (χ0) is 22.2. The number of ether oxygens (including phenoxy) is 1. The molecule has 0 aliphatic carbocycles. The quantitative estimate of drug-likeness (QED) is 0.491. The first-order valence-electron chi connectivity index (χ1n) is 10.9. The highest BCUT2D eigenvalue weighted by Gasteiger charge is 2.35. The topological polar surface area (TPSA) is 108 Å². The van der Waals surface area contributed by atoms with Crippen LogP contribution in [0.3, 0.4) is 0 Å². The fraction of sp³-hybridized carbons (Fsp3) is 0.591. The van der Waals surface area contributed by atoms with Gasteiger partial charge >= 0.3 is 11.9 Å². The number of nitrogens with one attached hydrogen (secondary N) is 2. The highest BCUT2D eigenvalue weighted by atomic mass is 32.2. The lowest BCUT2D eigenvalue weighted by Gasteiger charge is -2.28. The Morgan fingerprint density at radius 3 is 2.77 bits per heavy atom. The lowest BCUT2D eigenvalue weighted by atomic mass is 9.91. The molecule has 1 aromatic rings. The molecule has 0 aromatic heterocycles. The third kappa shape index (κ3) is 6.44. The molecule has 9 heteroatoms. The van der Waals surface area contributed by atoms with Gasteiger partial charge in [0.1, 0.15) is 12.6 Å². The number of fused-ring (bicyclic) bond motifs is 1. The van der Waals surface area contributed by atoms with E-state index >= 15 is 0 Å². The first kappa shape index (κ1) is 23.6. The summed E-state index contributed by atoms with van der Waals surface area (Å²) in [7, 11) is 0. The standard InChI is InChI=1S/C22H31N3O5S/c1-2-30-22(29)16(8-7-15-9-11-23-12-10-15)24-17-14-31-19-6-4-3-5-18(19)25(21(17)28)13-20(26)27/h3-6,15-17,23-24H,2,7-14H2,1H3,(H,26,27)/t16-,17+/m1/s1. The number of aliphatic carboxylic acids is 1. The van der Waals surface area contributed by atoms with Crippen LogP contribution in [-0.2, 0) is 19.1 Å². The fourth-order valence-corrected chi connectivity index (χ4v) is 5.18. The maximum Gasteiger partial charge on any atom is 0.323 e. The molecule has 2 atom stereocenters. The van der Waals surface area contributed by atoms with Crippen molar-refractivity contribution in [3.63, 3.8) is 0 Å². The van der Waals surface area contributed by atoms with E-state index in [0.29, 0.717) is 23.8 Å². The van der Waals surface area contributed by atoms with Crippen LogP contribution in [0.2, 0.25) is 0 Å². The van der Waals surface area contributed by atoms with E-state index in [1.807, 2.05) is 12.1 Å². The van der Waals surface area contributed by atoms with Crippen molar-refractivity contribution in [3.8, 4) is 0 Å². The zero-order valence-electron chi connectivity index (χ0n) is 17.8. The molecule has 0 bridgehead atoms. The van der Waals surface area contributed by atoms with Gasteiger partial charge in [0.05, 0.1) is 18.3 Å². The molecule has 2 heterocycles. The number of carbonyl (C=O) groups is 3. The normalized spacial score (nSPS) is 20.6. The van der Waals surface area contributed by atoms with Crippen LogP contribution < -0.4 is 15.5 Å². The Bertz CT molecular complexity index is 784. The van der Waals surface area contributed by atoms with Gasteiger partial charge in [0.25, 0.3) is 0 Å². The number of thioether (sulfide) groups is 1. The van der Waals surface area contributed by atoms with E-state index < -0.39 is 24.6 Å². The number of rotatable bonds is 9. The van der Waals surface area contributed by atoms with Gasteiger partial charge in [-0.3, -0.25) is 24.6 Å². The van der Waals surface area contributed by atoms with Crippen molar-refractivity contribution in [1.82, 2.24) is 10.6 Å². The Labute approximate surface area is 187 Å². The molecule has 31 heavy (non-hydrogen) atoms. The molecule has 0 unspecified atom stereocenters. The third-order valence-corrected chi connectivity index (χ3v) is 6.87. The van der Waals surface area contributed by atoms with Crippen molar-refractivity contribution >= 4 is 35.3 Å². The maximum absolute atomic E-state index is 13.3. The van der Waals surface area contributed by atoms with Gasteiger partial charge < -0.3 is 15.2 Å². The zero-order valence-corrected chi connectivity index (χ0v) is 18.7. The molecule has 2 aliphatic rings. The van der Waals surface area contributed by atoms with Gasteiger partial charge in [-0.15, -0.1) is 11.8 Å². The van der Waals surface area contributed by atoms with E-state index in [1.165, 1.54) is 16.7 Å². The molecule has 0 radical (unpaired) electrons. The molecule has 2 aliphatic heterocycles. The fourth-order valence-electron chi connectivity index (χ4n) is 4.10. The summed E-state index contributed by atoms with van der Waals surface area (Å²) in [5, 5.41) is 15.9. The van der Waals surface area contributed by atoms with Crippen molar-refractivity contribution in [2.45, 2.75) is 49.6 Å². The number of carbonyl (C=O) groups excluding carboxylic acids is 2. The van der Waals surface area contributed by atoms with Gasteiger partial charge in [-0.25, -0.2) is 0 Å². The van der Waals surface area contributed by atoms with E-state index in [0.717, 1.165) is 37.2 Å². The Kier molecular flexibility index (Phi) is 8.74. The van der Waals surface area contributed by atoms with E-state index in [1.54, 1.807) is 19.1 Å². The van der Waals surface area contributed by atoms with Gasteiger partial charge in [0.15, 0.2) is 0 Å². The molecule has 1 aromatic carbocycles. The molecular weight excluding hydrogens is 418 g/mol. The second kappa shape index (κ2) is 11.5. The predicted molar refractivity (Wildman–Crippen MR) is 119 cm³/mol. The molecule has 3 rings (SSSR count). The number of esters is 1. The number of para-hydroxylation sites is 1. The Hall–Kier alpha value is -2.10. The van der Waals surface area contributed by atoms with Crippen LogP contribution in [0, 0.1) is 5.92 Å². The molecule has 3 N–H and O–H groups in total. The first-order chi connectivity index (χ1) is 15.0. The van der Waals surface area contributed by atoms with Gasteiger partial charge in [-0.2, -0.15) is 0 Å². The Morgan fingerprint density at radius 1 is 1.32 bits per heavy atom. The smallest absolute Gasteiger partial charge is 0.323 e. The lowest BCUT2D eigenvalue weighted by Crippen LogP contribution is -2.54. The third-order valence-electron chi connectivity index (χ3n) is 5.71. The Morgan fingerprint density at radius 2 is 2.06 bits per heavy atom. The molecule has 0 spiro atoms. The van der Waals surface area contributed by atoms with Crippen LogP contribution in [0.25, 0.3) is 0 Å². The van der Waals surface area contributed by atoms with Crippen molar-refractivity contribution in [2.24, 2.45) is 5.92 Å². The minimum atomic E-state index is -1.08. The van der Waals surface area contributed by atoms with Crippen molar-refractivity contribution < 1.29 is 24.2 Å². The van der Waals surface area contributed by atoms with Crippen LogP contribution in [0.1, 0.15) is 32.6 Å². The van der Waals surface area contributed by atoms with Gasteiger partial charge in [-0.1, -0.05) is 12.1 Å². The molecule has 8 nitrogen and oxygen atoms in total. The number of hydrogen-bond donors (Lipinski definition) is 3. The Balaban J connectivity index is 1.74. The average Bonchev–Trinajstić information content (AvgIpc) is 2.89. The van der Waals surface area contributed by atoms with E-state index in [9.17, 15) is 19.5 Å². The van der Waals surface area contributed by atoms with E-state index in [4.69, 9.17) is 4.74 Å². The number of piperidine rings is 1. The molecular formula is C22H31N3O5S. The average molecular weight is 450 g/mol. The lowest BCUT2D eigenvalue weighted by molar-refractivity contribution is -0.146. The van der Waals surface area contributed by atoms with Crippen molar-refractivity contribution in [1.29, 1.82) is 0 Å². The molecule has 0 saturated carbocycles. The summed E-state index contributed by atoms with van der Waals surface area (Å²) in [6.07, 6.45) is 3.63. The number of anilines is 1. The van der Waals surface area contributed by atoms with E-state index in [-0.39, 0.29) is 18.5 Å². The molecule has 1 saturated heterocycles. The second-order valence-electron chi connectivity index (χ2n) is 7.89. The van der Waals surface area contributed by atoms with E-state index in [2.05, 4.69) is 10.6 Å². The summed E-state index contributed by atoms with van der Waals surface area (Å²) in [4.78, 5) is 39.5. The summed E-state index contributed by atoms with van der Waals surface area (Å²) in [6.45, 7) is 3.59. The number of carboxylic acid groups (broad SMARTS) is 1. The largest absolute Gasteiger partial charge is 0.480 e. The van der Waals surface area contributed by atoms with Crippen LogP contribution in [-0.4, -0.2) is 67.0 Å². The van der Waals surface area contributed by atoms with Crippen LogP contribution in [0.4, 0.5) is 5.69 Å². The van der Waals surface area contributed by atoms with Gasteiger partial charge in [0, 0.05) is 10.6 Å². The number of hydrogen-bond acceptors (Lipinski definition) is 7. The van der Waals surface area contributed by atoms with Crippen LogP contribution >= 0.6 is 11.8 Å². The minimum Gasteiger partial charge on any atom is -0.480 e. The summed E-state index contributed by atoms with van der Waals surface area (Å²) in [5.41, 5.74) is 0.589. The molecule has 1 fully saturated rings. The summed E-state index contributed by atoms with van der Waals surface area (Å²) >= 11 is 1.49. The van der Waals surface area contributed by atoms with Crippen LogP contribution in [0.5, 0.6) is 0 Å². The number of nitrogens with zero attached hydrogens (tertiary/aromatic N) is 1. The van der Waals surface area contributed by atoms with Crippen LogP contribution in [0.15, 0.2) is 29.2 Å². The minimum absolute atomic E-state index is 0.272. The van der Waals surface area contributed by atoms with Crippen molar-refractivity contribution in [3.05, 3.63) is 24.3 Å².